The van der Waals surface area contributed by atoms with Gasteiger partial charge in [-0.2, -0.15) is 0 Å². The smallest absolute Gasteiger partial charge is 0.303 e. The molecular formula is C20H30O3. The van der Waals surface area contributed by atoms with E-state index in [-0.39, 0.29) is 18.1 Å². The van der Waals surface area contributed by atoms with Crippen molar-refractivity contribution >= 4 is 11.8 Å². The molecule has 23 heavy (non-hydrogen) atoms. The summed E-state index contributed by atoms with van der Waals surface area (Å²) >= 11 is 0. The zero-order valence-corrected chi connectivity index (χ0v) is 14.3. The summed E-state index contributed by atoms with van der Waals surface area (Å²) in [5.74, 6) is -0.507. The fourth-order valence-electron chi connectivity index (χ4n) is 2.82. The molecule has 0 heterocycles. The molecule has 1 aliphatic rings. The summed E-state index contributed by atoms with van der Waals surface area (Å²) in [4.78, 5) is 22.4. The van der Waals surface area contributed by atoms with E-state index in [1.807, 2.05) is 6.08 Å². The van der Waals surface area contributed by atoms with Crippen LogP contribution in [0.15, 0.2) is 36.0 Å². The molecule has 0 saturated carbocycles. The van der Waals surface area contributed by atoms with Crippen molar-refractivity contribution in [3.8, 4) is 0 Å². The molecule has 1 N–H and O–H groups in total. The molecule has 1 atom stereocenters. The highest BCUT2D eigenvalue weighted by molar-refractivity contribution is 5.98. The minimum absolute atomic E-state index is 0.00904. The monoisotopic (exact) mass is 318 g/mol. The highest BCUT2D eigenvalue weighted by Gasteiger charge is 2.23. The van der Waals surface area contributed by atoms with E-state index in [0.717, 1.165) is 44.1 Å². The van der Waals surface area contributed by atoms with Gasteiger partial charge in [-0.05, 0) is 37.3 Å². The molecule has 0 aromatic heterocycles. The Labute approximate surface area is 140 Å². The van der Waals surface area contributed by atoms with Crippen molar-refractivity contribution in [1.82, 2.24) is 0 Å². The van der Waals surface area contributed by atoms with Gasteiger partial charge in [0.1, 0.15) is 0 Å². The molecule has 3 heteroatoms. The summed E-state index contributed by atoms with van der Waals surface area (Å²) in [7, 11) is 0. The van der Waals surface area contributed by atoms with E-state index in [0.29, 0.717) is 0 Å². The van der Waals surface area contributed by atoms with Gasteiger partial charge in [0.15, 0.2) is 5.78 Å². The Bertz CT molecular complexity index is 458. The maximum absolute atomic E-state index is 11.9. The van der Waals surface area contributed by atoms with Crippen LogP contribution in [0, 0.1) is 5.92 Å². The highest BCUT2D eigenvalue weighted by atomic mass is 16.4. The third kappa shape index (κ3) is 8.53. The second-order valence-corrected chi connectivity index (χ2v) is 6.23. The van der Waals surface area contributed by atoms with Crippen molar-refractivity contribution in [2.24, 2.45) is 5.92 Å². The van der Waals surface area contributed by atoms with Crippen molar-refractivity contribution < 1.29 is 14.7 Å². The van der Waals surface area contributed by atoms with Crippen molar-refractivity contribution in [3.63, 3.8) is 0 Å². The normalized spacial score (nSPS) is 19.3. The van der Waals surface area contributed by atoms with Gasteiger partial charge in [-0.3, -0.25) is 9.59 Å². The molecule has 0 aromatic rings. The lowest BCUT2D eigenvalue weighted by molar-refractivity contribution is -0.137. The van der Waals surface area contributed by atoms with E-state index >= 15 is 0 Å². The van der Waals surface area contributed by atoms with Gasteiger partial charge < -0.3 is 5.11 Å². The number of aliphatic carboxylic acids is 1. The number of carbonyl (C=O) groups excluding carboxylic acids is 1. The van der Waals surface area contributed by atoms with Crippen LogP contribution in [0.25, 0.3) is 0 Å². The van der Waals surface area contributed by atoms with Crippen LogP contribution in [0.3, 0.4) is 0 Å². The molecule has 1 aliphatic carbocycles. The predicted molar refractivity (Wildman–Crippen MR) is 94.3 cm³/mol. The van der Waals surface area contributed by atoms with Gasteiger partial charge in [-0.1, -0.05) is 63.3 Å². The zero-order chi connectivity index (χ0) is 16.9. The lowest BCUT2D eigenvalue weighted by atomic mass is 9.93. The van der Waals surface area contributed by atoms with E-state index in [1.54, 1.807) is 6.08 Å². The molecular weight excluding hydrogens is 288 g/mol. The number of carboxylic acids is 1. The van der Waals surface area contributed by atoms with Crippen LogP contribution < -0.4 is 0 Å². The maximum Gasteiger partial charge on any atom is 0.303 e. The first-order valence-electron chi connectivity index (χ1n) is 8.95. The lowest BCUT2D eigenvalue weighted by Crippen LogP contribution is -2.08. The van der Waals surface area contributed by atoms with Gasteiger partial charge in [0, 0.05) is 12.3 Å². The zero-order valence-electron chi connectivity index (χ0n) is 14.3. The van der Waals surface area contributed by atoms with Gasteiger partial charge in [-0.15, -0.1) is 0 Å². The van der Waals surface area contributed by atoms with Gasteiger partial charge in [-0.25, -0.2) is 0 Å². The van der Waals surface area contributed by atoms with Gasteiger partial charge >= 0.3 is 5.97 Å². The molecule has 0 aliphatic heterocycles. The molecule has 0 spiro atoms. The molecule has 0 radical (unpaired) electrons. The topological polar surface area (TPSA) is 54.4 Å². The number of rotatable bonds is 12. The van der Waals surface area contributed by atoms with Crippen LogP contribution in [-0.2, 0) is 9.59 Å². The molecule has 3 nitrogen and oxygen atoms in total. The van der Waals surface area contributed by atoms with Gasteiger partial charge in [0.25, 0.3) is 0 Å². The van der Waals surface area contributed by atoms with Crippen molar-refractivity contribution in [1.29, 1.82) is 0 Å². The van der Waals surface area contributed by atoms with E-state index in [2.05, 4.69) is 25.2 Å². The number of allylic oxidation sites excluding steroid dienone is 6. The molecule has 128 valence electrons. The molecule has 0 fully saturated rings. The fourth-order valence-corrected chi connectivity index (χ4v) is 2.82. The lowest BCUT2D eigenvalue weighted by Gasteiger charge is -2.10. The molecule has 1 rings (SSSR count). The summed E-state index contributed by atoms with van der Waals surface area (Å²) in [6, 6.07) is 0. The summed E-state index contributed by atoms with van der Waals surface area (Å²) in [6.07, 6.45) is 19.5. The first kappa shape index (κ1) is 19.4. The predicted octanol–water partition coefficient (Wildman–Crippen LogP) is 5.23. The summed E-state index contributed by atoms with van der Waals surface area (Å²) in [5, 5.41) is 8.60. The molecule has 1 unspecified atom stereocenters. The number of unbranched alkanes of at least 4 members (excludes halogenated alkanes) is 6. The largest absolute Gasteiger partial charge is 0.481 e. The van der Waals surface area contributed by atoms with Crippen LogP contribution in [0.4, 0.5) is 0 Å². The second kappa shape index (κ2) is 11.9. The first-order valence-corrected chi connectivity index (χ1v) is 8.95. The molecule has 0 bridgehead atoms. The number of carbonyl (C=O) groups is 2. The summed E-state index contributed by atoms with van der Waals surface area (Å²) in [5.41, 5.74) is 1.12. The Morgan fingerprint density at radius 1 is 1.13 bits per heavy atom. The van der Waals surface area contributed by atoms with Crippen LogP contribution in [-0.4, -0.2) is 16.9 Å². The van der Waals surface area contributed by atoms with Crippen molar-refractivity contribution in [2.75, 3.05) is 0 Å². The SMILES string of the molecule is CCCCC/C=C/C=C1\C=CC(=O)C1CCCCCCC(=O)O. The van der Waals surface area contributed by atoms with Crippen LogP contribution in [0.2, 0.25) is 0 Å². The van der Waals surface area contributed by atoms with E-state index in [4.69, 9.17) is 5.11 Å². The van der Waals surface area contributed by atoms with Gasteiger partial charge in [0.2, 0.25) is 0 Å². The Hall–Kier alpha value is -1.64. The standard InChI is InChI=1S/C20H30O3/c1-2-3-4-5-6-9-12-17-15-16-19(21)18(17)13-10-7-8-11-14-20(22)23/h6,9,12,15-16,18H,2-5,7-8,10-11,13-14H2,1H3,(H,22,23)/b9-6+,17-12+. The average Bonchev–Trinajstić information content (AvgIpc) is 2.86. The summed E-state index contributed by atoms with van der Waals surface area (Å²) in [6.45, 7) is 2.20. The van der Waals surface area contributed by atoms with E-state index < -0.39 is 5.97 Å². The average molecular weight is 318 g/mol. The molecule has 0 saturated heterocycles. The van der Waals surface area contributed by atoms with Crippen molar-refractivity contribution in [2.45, 2.75) is 71.1 Å². The maximum atomic E-state index is 11.9. The van der Waals surface area contributed by atoms with Crippen LogP contribution >= 0.6 is 0 Å². The minimum Gasteiger partial charge on any atom is -0.481 e. The first-order chi connectivity index (χ1) is 11.1. The Kier molecular flexibility index (Phi) is 10.0. The van der Waals surface area contributed by atoms with E-state index in [1.165, 1.54) is 19.3 Å². The minimum atomic E-state index is -0.726. The number of hydrogen-bond donors (Lipinski definition) is 1. The summed E-state index contributed by atoms with van der Waals surface area (Å²) < 4.78 is 0. The molecule has 0 amide bonds. The van der Waals surface area contributed by atoms with Gasteiger partial charge in [0.05, 0.1) is 0 Å². The third-order valence-electron chi connectivity index (χ3n) is 4.22. The van der Waals surface area contributed by atoms with Crippen LogP contribution in [0.1, 0.15) is 71.1 Å². The number of hydrogen-bond acceptors (Lipinski definition) is 2. The second-order valence-electron chi connectivity index (χ2n) is 6.23. The fraction of sp³-hybridized carbons (Fsp3) is 0.600. The Morgan fingerprint density at radius 3 is 2.65 bits per heavy atom. The third-order valence-corrected chi connectivity index (χ3v) is 4.22. The number of ketones is 1. The van der Waals surface area contributed by atoms with E-state index in [9.17, 15) is 9.59 Å². The Morgan fingerprint density at radius 2 is 1.91 bits per heavy atom. The molecule has 0 aromatic carbocycles. The number of carboxylic acid groups (broad SMARTS) is 1. The Balaban J connectivity index is 2.29. The highest BCUT2D eigenvalue weighted by Crippen LogP contribution is 2.27. The quantitative estimate of drug-likeness (QED) is 0.501. The van der Waals surface area contributed by atoms with Crippen molar-refractivity contribution in [3.05, 3.63) is 36.0 Å². The van der Waals surface area contributed by atoms with Crippen LogP contribution in [0.5, 0.6) is 0 Å².